The van der Waals surface area contributed by atoms with Crippen LogP contribution in [0.4, 0.5) is 5.13 Å². The van der Waals surface area contributed by atoms with Crippen molar-refractivity contribution in [3.63, 3.8) is 0 Å². The summed E-state index contributed by atoms with van der Waals surface area (Å²) in [6.07, 6.45) is 5.60. The van der Waals surface area contributed by atoms with Gasteiger partial charge in [0.1, 0.15) is 0 Å². The van der Waals surface area contributed by atoms with Crippen LogP contribution in [0, 0.1) is 11.3 Å². The first-order valence-corrected chi connectivity index (χ1v) is 7.79. The Balaban J connectivity index is 2.06. The van der Waals surface area contributed by atoms with Crippen molar-refractivity contribution < 1.29 is 4.79 Å². The first kappa shape index (κ1) is 14.0. The van der Waals surface area contributed by atoms with Crippen molar-refractivity contribution in [1.29, 1.82) is 0 Å². The highest BCUT2D eigenvalue weighted by Gasteiger charge is 2.40. The maximum Gasteiger partial charge on any atom is 0.233 e. The van der Waals surface area contributed by atoms with Gasteiger partial charge in [0.15, 0.2) is 5.13 Å². The number of hydrogen-bond acceptors (Lipinski definition) is 4. The van der Waals surface area contributed by atoms with Gasteiger partial charge in [0.2, 0.25) is 5.91 Å². The van der Waals surface area contributed by atoms with Gasteiger partial charge < -0.3 is 11.1 Å². The van der Waals surface area contributed by atoms with Crippen molar-refractivity contribution in [3.8, 4) is 0 Å². The Bertz CT molecular complexity index is 427. The molecule has 0 bridgehead atoms. The number of halogens is 1. The van der Waals surface area contributed by atoms with E-state index in [1.165, 1.54) is 11.3 Å². The summed E-state index contributed by atoms with van der Waals surface area (Å²) in [4.78, 5) is 16.5. The molecule has 6 heteroatoms. The number of anilines is 1. The number of nitrogens with one attached hydrogen (secondary N) is 1. The summed E-state index contributed by atoms with van der Waals surface area (Å²) in [5.74, 6) is 0.727. The zero-order valence-electron chi connectivity index (χ0n) is 10.4. The van der Waals surface area contributed by atoms with E-state index in [2.05, 4.69) is 33.2 Å². The molecule has 0 aromatic carbocycles. The number of carbonyl (C=O) groups excluding carboxylic acids is 1. The molecule has 1 aromatic rings. The molecule has 0 atom stereocenters. The van der Waals surface area contributed by atoms with Crippen LogP contribution in [0.15, 0.2) is 9.98 Å². The molecule has 100 valence electrons. The van der Waals surface area contributed by atoms with Crippen molar-refractivity contribution in [3.05, 3.63) is 9.98 Å². The van der Waals surface area contributed by atoms with E-state index in [1.54, 1.807) is 6.20 Å². The maximum atomic E-state index is 12.4. The fraction of sp³-hybridized carbons (Fsp3) is 0.667. The fourth-order valence-corrected chi connectivity index (χ4v) is 3.48. The Labute approximate surface area is 119 Å². The van der Waals surface area contributed by atoms with Crippen molar-refractivity contribution in [2.45, 2.75) is 32.6 Å². The van der Waals surface area contributed by atoms with Gasteiger partial charge in [-0.25, -0.2) is 4.98 Å². The molecule has 3 N–H and O–H groups in total. The molecule has 1 fully saturated rings. The third kappa shape index (κ3) is 2.92. The lowest BCUT2D eigenvalue weighted by Crippen LogP contribution is -2.44. The summed E-state index contributed by atoms with van der Waals surface area (Å²) < 4.78 is 0.914. The summed E-state index contributed by atoms with van der Waals surface area (Å²) in [6, 6.07) is 0. The number of aromatic nitrogens is 1. The molecule has 0 radical (unpaired) electrons. The Morgan fingerprint density at radius 2 is 2.33 bits per heavy atom. The number of nitrogens with zero attached hydrogens (tertiary/aromatic N) is 1. The predicted octanol–water partition coefficient (Wildman–Crippen LogP) is 3.00. The van der Waals surface area contributed by atoms with Gasteiger partial charge in [0, 0.05) is 6.54 Å². The number of thiazole rings is 1. The van der Waals surface area contributed by atoms with Gasteiger partial charge in [-0.3, -0.25) is 4.79 Å². The number of carbonyl (C=O) groups is 1. The van der Waals surface area contributed by atoms with Gasteiger partial charge in [-0.15, -0.1) is 0 Å². The van der Waals surface area contributed by atoms with E-state index < -0.39 is 5.41 Å². The Hall–Kier alpha value is -0.460. The zero-order valence-corrected chi connectivity index (χ0v) is 12.8. The molecule has 0 unspecified atom stereocenters. The highest BCUT2D eigenvalue weighted by molar-refractivity contribution is 9.11. The molecule has 18 heavy (non-hydrogen) atoms. The minimum absolute atomic E-state index is 0.0266. The van der Waals surface area contributed by atoms with E-state index in [9.17, 15) is 4.79 Å². The predicted molar refractivity (Wildman–Crippen MR) is 77.6 cm³/mol. The summed E-state index contributed by atoms with van der Waals surface area (Å²) in [7, 11) is 0. The van der Waals surface area contributed by atoms with Crippen molar-refractivity contribution in [1.82, 2.24) is 4.98 Å². The quantitative estimate of drug-likeness (QED) is 0.894. The molecular formula is C12H18BrN3OS. The van der Waals surface area contributed by atoms with Crippen LogP contribution in [0.5, 0.6) is 0 Å². The molecule has 1 amide bonds. The van der Waals surface area contributed by atoms with Crippen LogP contribution in [-0.2, 0) is 4.79 Å². The molecule has 1 heterocycles. The highest BCUT2D eigenvalue weighted by atomic mass is 79.9. The molecular weight excluding hydrogens is 314 g/mol. The number of nitrogens with two attached hydrogens (primary N) is 1. The van der Waals surface area contributed by atoms with Crippen molar-refractivity contribution in [2.24, 2.45) is 17.1 Å². The van der Waals surface area contributed by atoms with Gasteiger partial charge >= 0.3 is 0 Å². The molecule has 2 rings (SSSR count). The second-order valence-electron chi connectivity index (χ2n) is 5.09. The van der Waals surface area contributed by atoms with E-state index in [4.69, 9.17) is 5.73 Å². The Morgan fingerprint density at radius 3 is 2.83 bits per heavy atom. The number of rotatable bonds is 3. The first-order valence-electron chi connectivity index (χ1n) is 6.18. The summed E-state index contributed by atoms with van der Waals surface area (Å²) >= 11 is 4.76. The van der Waals surface area contributed by atoms with Crippen LogP contribution in [-0.4, -0.2) is 17.4 Å². The second kappa shape index (κ2) is 5.67. The molecule has 4 nitrogen and oxygen atoms in total. The van der Waals surface area contributed by atoms with E-state index in [1.807, 2.05) is 0 Å². The number of amides is 1. The lowest BCUT2D eigenvalue weighted by molar-refractivity contribution is -0.127. The molecule has 0 saturated heterocycles. The van der Waals surface area contributed by atoms with Crippen LogP contribution in [0.25, 0.3) is 0 Å². The molecule has 0 aliphatic heterocycles. The minimum atomic E-state index is -0.398. The van der Waals surface area contributed by atoms with Gasteiger partial charge in [-0.1, -0.05) is 18.3 Å². The third-order valence-electron chi connectivity index (χ3n) is 3.80. The van der Waals surface area contributed by atoms with E-state index >= 15 is 0 Å². The third-order valence-corrected chi connectivity index (χ3v) is 5.19. The molecule has 1 aliphatic carbocycles. The molecule has 0 spiro atoms. The molecule has 1 aromatic heterocycles. The van der Waals surface area contributed by atoms with Crippen LogP contribution >= 0.6 is 27.3 Å². The number of hydrogen-bond donors (Lipinski definition) is 2. The van der Waals surface area contributed by atoms with E-state index in [0.717, 1.165) is 29.5 Å². The lowest BCUT2D eigenvalue weighted by atomic mass is 9.70. The highest BCUT2D eigenvalue weighted by Crippen LogP contribution is 2.39. The summed E-state index contributed by atoms with van der Waals surface area (Å²) in [5, 5.41) is 3.53. The van der Waals surface area contributed by atoms with E-state index in [-0.39, 0.29) is 5.91 Å². The average Bonchev–Trinajstić information content (AvgIpc) is 2.76. The van der Waals surface area contributed by atoms with Gasteiger partial charge in [-0.2, -0.15) is 0 Å². The standard InChI is InChI=1S/C12H18BrN3OS/c1-8-2-4-12(7-14,5-3-8)10(17)16-11-15-6-9(13)18-11/h6,8H,2-5,7,14H2,1H3,(H,15,16,17). The SMILES string of the molecule is CC1CCC(CN)(C(=O)Nc2ncc(Br)s2)CC1. The minimum Gasteiger partial charge on any atom is -0.329 e. The zero-order chi connectivity index (χ0) is 13.2. The second-order valence-corrected chi connectivity index (χ2v) is 7.50. The van der Waals surface area contributed by atoms with Crippen molar-refractivity contribution >= 4 is 38.3 Å². The van der Waals surface area contributed by atoms with Crippen LogP contribution in [0.2, 0.25) is 0 Å². The van der Waals surface area contributed by atoms with Gasteiger partial charge in [-0.05, 0) is 47.5 Å². The summed E-state index contributed by atoms with van der Waals surface area (Å²) in [5.41, 5.74) is 5.46. The summed E-state index contributed by atoms with van der Waals surface area (Å²) in [6.45, 7) is 2.65. The van der Waals surface area contributed by atoms with E-state index in [0.29, 0.717) is 17.6 Å². The topological polar surface area (TPSA) is 68.0 Å². The van der Waals surface area contributed by atoms with Gasteiger partial charge in [0.25, 0.3) is 0 Å². The largest absolute Gasteiger partial charge is 0.329 e. The monoisotopic (exact) mass is 331 g/mol. The normalized spacial score (nSPS) is 28.1. The van der Waals surface area contributed by atoms with Crippen LogP contribution in [0.1, 0.15) is 32.6 Å². The fourth-order valence-electron chi connectivity index (χ4n) is 2.38. The molecule has 1 aliphatic rings. The average molecular weight is 332 g/mol. The first-order chi connectivity index (χ1) is 8.55. The van der Waals surface area contributed by atoms with Gasteiger partial charge in [0.05, 0.1) is 15.4 Å². The molecule has 1 saturated carbocycles. The van der Waals surface area contributed by atoms with Crippen molar-refractivity contribution in [2.75, 3.05) is 11.9 Å². The lowest BCUT2D eigenvalue weighted by Gasteiger charge is -2.36. The smallest absolute Gasteiger partial charge is 0.233 e. The van der Waals surface area contributed by atoms with Crippen LogP contribution < -0.4 is 11.1 Å². The Kier molecular flexibility index (Phi) is 4.40. The van der Waals surface area contributed by atoms with Crippen LogP contribution in [0.3, 0.4) is 0 Å². The Morgan fingerprint density at radius 1 is 1.67 bits per heavy atom. The maximum absolute atomic E-state index is 12.4.